The number of ether oxygens (including phenoxy) is 1. The van der Waals surface area contributed by atoms with Crippen LogP contribution in [0.5, 0.6) is 0 Å². The van der Waals surface area contributed by atoms with Crippen LogP contribution < -0.4 is 0 Å². The number of rotatable bonds is 7. The lowest BCUT2D eigenvalue weighted by Gasteiger charge is -2.28. The van der Waals surface area contributed by atoms with E-state index in [1.807, 2.05) is 6.92 Å². The van der Waals surface area contributed by atoms with Crippen molar-refractivity contribution in [2.45, 2.75) is 72.8 Å². The van der Waals surface area contributed by atoms with E-state index in [1.165, 1.54) is 13.8 Å². The van der Waals surface area contributed by atoms with Gasteiger partial charge in [-0.3, -0.25) is 14.4 Å². The van der Waals surface area contributed by atoms with E-state index in [1.54, 1.807) is 20.8 Å². The minimum atomic E-state index is -1.67. The summed E-state index contributed by atoms with van der Waals surface area (Å²) in [4.78, 5) is 36.1. The van der Waals surface area contributed by atoms with Crippen molar-refractivity contribution in [3.05, 3.63) is 0 Å². The highest BCUT2D eigenvalue weighted by Gasteiger charge is 2.47. The van der Waals surface area contributed by atoms with Crippen LogP contribution in [0, 0.1) is 5.41 Å². The van der Waals surface area contributed by atoms with Crippen molar-refractivity contribution < 1.29 is 19.1 Å². The molecule has 0 radical (unpaired) electrons. The van der Waals surface area contributed by atoms with E-state index >= 15 is 0 Å². The van der Waals surface area contributed by atoms with Crippen molar-refractivity contribution in [1.29, 1.82) is 0 Å². The van der Waals surface area contributed by atoms with Gasteiger partial charge in [-0.25, -0.2) is 0 Å². The maximum Gasteiger partial charge on any atom is 0.327 e. The second-order valence-electron chi connectivity index (χ2n) is 6.06. The molecule has 4 nitrogen and oxygen atoms in total. The average molecular weight is 270 g/mol. The number of hydrogen-bond acceptors (Lipinski definition) is 4. The quantitative estimate of drug-likeness (QED) is 0.405. The normalized spacial score (nSPS) is 14.6. The molecule has 0 aliphatic carbocycles. The number of carbonyl (C=O) groups is 3. The summed E-state index contributed by atoms with van der Waals surface area (Å²) in [5, 5.41) is 0. The zero-order chi connectivity index (χ0) is 15.3. The summed E-state index contributed by atoms with van der Waals surface area (Å²) in [6, 6.07) is 0. The van der Waals surface area contributed by atoms with Gasteiger partial charge in [0.2, 0.25) is 0 Å². The van der Waals surface area contributed by atoms with Gasteiger partial charge in [0.15, 0.2) is 17.0 Å². The summed E-state index contributed by atoms with van der Waals surface area (Å²) < 4.78 is 5.21. The minimum absolute atomic E-state index is 0.239. The molecular weight excluding hydrogens is 244 g/mol. The van der Waals surface area contributed by atoms with E-state index in [9.17, 15) is 14.4 Å². The first-order valence-corrected chi connectivity index (χ1v) is 6.83. The highest BCUT2D eigenvalue weighted by atomic mass is 16.6. The molecule has 0 aromatic rings. The van der Waals surface area contributed by atoms with E-state index in [0.29, 0.717) is 6.42 Å². The summed E-state index contributed by atoms with van der Waals surface area (Å²) >= 11 is 0. The molecule has 1 unspecified atom stereocenters. The summed E-state index contributed by atoms with van der Waals surface area (Å²) in [5.74, 6) is -1.54. The molecule has 0 N–H and O–H groups in total. The van der Waals surface area contributed by atoms with Crippen LogP contribution in [0.25, 0.3) is 0 Å². The Morgan fingerprint density at radius 3 is 1.89 bits per heavy atom. The van der Waals surface area contributed by atoms with Gasteiger partial charge < -0.3 is 4.74 Å². The topological polar surface area (TPSA) is 60.4 Å². The van der Waals surface area contributed by atoms with E-state index in [-0.39, 0.29) is 12.2 Å². The molecule has 0 aliphatic rings. The number of carbonyl (C=O) groups excluding carboxylic acids is 3. The summed E-state index contributed by atoms with van der Waals surface area (Å²) in [7, 11) is 0. The van der Waals surface area contributed by atoms with Gasteiger partial charge in [-0.2, -0.15) is 0 Å². The molecule has 0 aliphatic heterocycles. The molecule has 0 saturated carbocycles. The Balaban J connectivity index is 4.99. The van der Waals surface area contributed by atoms with Crippen LogP contribution in [0.15, 0.2) is 0 Å². The lowest BCUT2D eigenvalue weighted by molar-refractivity contribution is -0.171. The van der Waals surface area contributed by atoms with Gasteiger partial charge in [-0.15, -0.1) is 0 Å². The second-order valence-corrected chi connectivity index (χ2v) is 6.06. The molecule has 0 amide bonds. The van der Waals surface area contributed by atoms with Crippen molar-refractivity contribution in [2.24, 2.45) is 5.41 Å². The Morgan fingerprint density at radius 2 is 1.53 bits per heavy atom. The number of esters is 1. The fourth-order valence-corrected chi connectivity index (χ4v) is 1.62. The maximum atomic E-state index is 12.2. The van der Waals surface area contributed by atoms with E-state index in [2.05, 4.69) is 0 Å². The zero-order valence-electron chi connectivity index (χ0n) is 13.0. The van der Waals surface area contributed by atoms with Crippen LogP contribution in [0.4, 0.5) is 0 Å². The third kappa shape index (κ3) is 5.13. The Bertz CT molecular complexity index is 352. The highest BCUT2D eigenvalue weighted by molar-refractivity contribution is 6.21. The minimum Gasteiger partial charge on any atom is -0.459 e. The SMILES string of the molecule is CCCCCC(=O)C(C)(C(C)=O)C(=O)OC(C)(C)C. The van der Waals surface area contributed by atoms with Gasteiger partial charge in [0.25, 0.3) is 0 Å². The van der Waals surface area contributed by atoms with Crippen LogP contribution in [0.3, 0.4) is 0 Å². The first kappa shape index (κ1) is 17.8. The Kier molecular flexibility index (Phi) is 6.40. The summed E-state index contributed by atoms with van der Waals surface area (Å²) in [6.07, 6.45) is 2.83. The number of Topliss-reactive ketones (excluding diaryl/α,β-unsaturated/α-hetero) is 2. The zero-order valence-corrected chi connectivity index (χ0v) is 13.0. The fraction of sp³-hybridized carbons (Fsp3) is 0.800. The van der Waals surface area contributed by atoms with Crippen LogP contribution in [0.2, 0.25) is 0 Å². The number of ketones is 2. The monoisotopic (exact) mass is 270 g/mol. The first-order chi connectivity index (χ1) is 8.55. The molecule has 0 aromatic carbocycles. The molecule has 1 atom stereocenters. The molecular formula is C15H26O4. The van der Waals surface area contributed by atoms with Crippen LogP contribution in [-0.4, -0.2) is 23.1 Å². The van der Waals surface area contributed by atoms with Gasteiger partial charge in [-0.1, -0.05) is 19.8 Å². The number of hydrogen-bond donors (Lipinski definition) is 0. The Morgan fingerprint density at radius 1 is 1.00 bits per heavy atom. The highest BCUT2D eigenvalue weighted by Crippen LogP contribution is 2.27. The van der Waals surface area contributed by atoms with E-state index < -0.39 is 22.8 Å². The third-order valence-electron chi connectivity index (χ3n) is 3.08. The molecule has 0 fully saturated rings. The van der Waals surface area contributed by atoms with E-state index in [4.69, 9.17) is 4.74 Å². The molecule has 19 heavy (non-hydrogen) atoms. The van der Waals surface area contributed by atoms with Crippen LogP contribution in [-0.2, 0) is 19.1 Å². The van der Waals surface area contributed by atoms with Gasteiger partial charge in [0, 0.05) is 6.42 Å². The lowest BCUT2D eigenvalue weighted by atomic mass is 9.79. The Labute approximate surface area is 115 Å². The molecule has 0 rings (SSSR count). The summed E-state index contributed by atoms with van der Waals surface area (Å²) in [6.45, 7) is 9.81. The van der Waals surface area contributed by atoms with Crippen LogP contribution >= 0.6 is 0 Å². The standard InChI is InChI=1S/C15H26O4/c1-7-8-9-10-12(17)15(6,11(2)16)13(18)19-14(3,4)5/h7-10H2,1-6H3. The molecule has 0 saturated heterocycles. The largest absolute Gasteiger partial charge is 0.459 e. The van der Waals surface area contributed by atoms with Crippen molar-refractivity contribution in [1.82, 2.24) is 0 Å². The van der Waals surface area contributed by atoms with Gasteiger partial charge in [0.1, 0.15) is 5.60 Å². The van der Waals surface area contributed by atoms with Crippen molar-refractivity contribution in [3.8, 4) is 0 Å². The summed E-state index contributed by atoms with van der Waals surface area (Å²) in [5.41, 5.74) is -2.38. The van der Waals surface area contributed by atoms with Crippen LogP contribution in [0.1, 0.15) is 67.2 Å². The Hall–Kier alpha value is -1.19. The predicted octanol–water partition coefficient (Wildman–Crippen LogP) is 3.07. The van der Waals surface area contributed by atoms with Gasteiger partial charge in [-0.05, 0) is 41.0 Å². The smallest absolute Gasteiger partial charge is 0.327 e. The molecule has 4 heteroatoms. The van der Waals surface area contributed by atoms with Gasteiger partial charge in [0.05, 0.1) is 0 Å². The average Bonchev–Trinajstić information content (AvgIpc) is 2.25. The molecule has 0 spiro atoms. The third-order valence-corrected chi connectivity index (χ3v) is 3.08. The predicted molar refractivity (Wildman–Crippen MR) is 73.8 cm³/mol. The molecule has 0 heterocycles. The maximum absolute atomic E-state index is 12.2. The van der Waals surface area contributed by atoms with Crippen molar-refractivity contribution >= 4 is 17.5 Å². The second kappa shape index (κ2) is 6.83. The molecule has 0 aromatic heterocycles. The molecule has 0 bridgehead atoms. The van der Waals surface area contributed by atoms with Gasteiger partial charge >= 0.3 is 5.97 Å². The van der Waals surface area contributed by atoms with Crippen molar-refractivity contribution in [3.63, 3.8) is 0 Å². The fourth-order valence-electron chi connectivity index (χ4n) is 1.62. The first-order valence-electron chi connectivity index (χ1n) is 6.83. The van der Waals surface area contributed by atoms with E-state index in [0.717, 1.165) is 12.8 Å². The molecule has 110 valence electrons. The van der Waals surface area contributed by atoms with Crippen molar-refractivity contribution in [2.75, 3.05) is 0 Å². The lowest BCUT2D eigenvalue weighted by Crippen LogP contribution is -2.46. The number of unbranched alkanes of at least 4 members (excludes halogenated alkanes) is 2.